The predicted octanol–water partition coefficient (Wildman–Crippen LogP) is 3.67. The van der Waals surface area contributed by atoms with Crippen LogP contribution in [0, 0.1) is 21.7 Å². The van der Waals surface area contributed by atoms with Crippen molar-refractivity contribution in [3.05, 3.63) is 82.4 Å². The second kappa shape index (κ2) is 6.45. The van der Waals surface area contributed by atoms with Gasteiger partial charge >= 0.3 is 0 Å². The second-order valence-corrected chi connectivity index (χ2v) is 5.03. The zero-order chi connectivity index (χ0) is 17.1. The molecule has 1 N–H and O–H groups in total. The highest BCUT2D eigenvalue weighted by molar-refractivity contribution is 5.61. The highest BCUT2D eigenvalue weighted by Crippen LogP contribution is 2.25. The summed E-state index contributed by atoms with van der Waals surface area (Å²) in [6.07, 6.45) is 4.65. The monoisotopic (exact) mass is 330 g/mol. The normalized spacial score (nSPS) is 10.6. The van der Waals surface area contributed by atoms with Gasteiger partial charge in [-0.25, -0.2) is 13.8 Å². The van der Waals surface area contributed by atoms with Gasteiger partial charge in [-0.15, -0.1) is 0 Å². The minimum absolute atomic E-state index is 0.160. The molecule has 0 aliphatic heterocycles. The van der Waals surface area contributed by atoms with Crippen LogP contribution in [0.5, 0.6) is 0 Å². The highest BCUT2D eigenvalue weighted by atomic mass is 19.1. The lowest BCUT2D eigenvalue weighted by Crippen LogP contribution is -2.04. The highest BCUT2D eigenvalue weighted by Gasteiger charge is 2.15. The smallest absolute Gasteiger partial charge is 0.295 e. The van der Waals surface area contributed by atoms with Crippen LogP contribution in [-0.4, -0.2) is 14.5 Å². The fourth-order valence-corrected chi connectivity index (χ4v) is 2.27. The fraction of sp³-hybridized carbons (Fsp3) is 0.0625. The first-order valence-corrected chi connectivity index (χ1v) is 6.99. The first kappa shape index (κ1) is 15.6. The van der Waals surface area contributed by atoms with Crippen molar-refractivity contribution in [1.82, 2.24) is 9.55 Å². The number of aromatic nitrogens is 2. The van der Waals surface area contributed by atoms with Crippen LogP contribution in [0.4, 0.5) is 20.2 Å². The number of hydrogen-bond donors (Lipinski definition) is 1. The van der Waals surface area contributed by atoms with Crippen molar-refractivity contribution in [3.8, 4) is 5.69 Å². The summed E-state index contributed by atoms with van der Waals surface area (Å²) in [5.74, 6) is -1.14. The van der Waals surface area contributed by atoms with Gasteiger partial charge in [0.15, 0.2) is 0 Å². The lowest BCUT2D eigenvalue weighted by atomic mass is 10.2. The second-order valence-electron chi connectivity index (χ2n) is 5.03. The maximum atomic E-state index is 14.2. The van der Waals surface area contributed by atoms with E-state index in [-0.39, 0.29) is 17.9 Å². The van der Waals surface area contributed by atoms with E-state index >= 15 is 0 Å². The maximum absolute atomic E-state index is 14.2. The van der Waals surface area contributed by atoms with Gasteiger partial charge in [-0.05, 0) is 29.8 Å². The molecule has 0 amide bonds. The Kier molecular flexibility index (Phi) is 4.19. The number of nitro groups is 1. The van der Waals surface area contributed by atoms with E-state index in [0.29, 0.717) is 11.3 Å². The van der Waals surface area contributed by atoms with Crippen molar-refractivity contribution >= 4 is 11.4 Å². The van der Waals surface area contributed by atoms with E-state index in [4.69, 9.17) is 0 Å². The zero-order valence-corrected chi connectivity index (χ0v) is 12.3. The number of rotatable bonds is 5. The van der Waals surface area contributed by atoms with E-state index in [1.54, 1.807) is 24.5 Å². The number of imidazole rings is 1. The summed E-state index contributed by atoms with van der Waals surface area (Å²) in [4.78, 5) is 14.1. The molecule has 0 aliphatic rings. The molecule has 24 heavy (non-hydrogen) atoms. The summed E-state index contributed by atoms with van der Waals surface area (Å²) >= 11 is 0. The van der Waals surface area contributed by atoms with Crippen molar-refractivity contribution in [3.63, 3.8) is 0 Å². The van der Waals surface area contributed by atoms with Crippen LogP contribution in [0.15, 0.2) is 55.1 Å². The molecule has 0 atom stereocenters. The average Bonchev–Trinajstić information content (AvgIpc) is 3.07. The van der Waals surface area contributed by atoms with Gasteiger partial charge in [0.1, 0.15) is 17.3 Å². The summed E-state index contributed by atoms with van der Waals surface area (Å²) in [5.41, 5.74) is 0.741. The molecule has 0 saturated heterocycles. The number of nitrogens with zero attached hydrogens (tertiary/aromatic N) is 3. The van der Waals surface area contributed by atoms with Crippen LogP contribution < -0.4 is 5.32 Å². The number of nitro benzene ring substituents is 1. The van der Waals surface area contributed by atoms with E-state index in [1.165, 1.54) is 23.0 Å². The number of hydrogen-bond acceptors (Lipinski definition) is 4. The van der Waals surface area contributed by atoms with Crippen LogP contribution in [0.2, 0.25) is 0 Å². The molecule has 3 rings (SSSR count). The molecular weight excluding hydrogens is 318 g/mol. The van der Waals surface area contributed by atoms with Gasteiger partial charge in [0.2, 0.25) is 0 Å². The van der Waals surface area contributed by atoms with Gasteiger partial charge < -0.3 is 9.88 Å². The number of benzene rings is 2. The molecule has 0 saturated carbocycles. The number of nitrogens with one attached hydrogen (secondary N) is 1. The van der Waals surface area contributed by atoms with Crippen molar-refractivity contribution in [1.29, 1.82) is 0 Å². The van der Waals surface area contributed by atoms with Crippen LogP contribution >= 0.6 is 0 Å². The lowest BCUT2D eigenvalue weighted by Gasteiger charge is -2.09. The van der Waals surface area contributed by atoms with Crippen molar-refractivity contribution in [2.75, 3.05) is 5.32 Å². The topological polar surface area (TPSA) is 73.0 Å². The molecule has 1 aromatic heterocycles. The molecule has 0 spiro atoms. The summed E-state index contributed by atoms with van der Waals surface area (Å²) in [7, 11) is 0. The van der Waals surface area contributed by atoms with Gasteiger partial charge in [-0.3, -0.25) is 10.1 Å². The Labute approximate surface area is 135 Å². The molecule has 122 valence electrons. The third kappa shape index (κ3) is 3.22. The molecule has 3 aromatic rings. The molecule has 0 fully saturated rings. The molecule has 0 bridgehead atoms. The Balaban J connectivity index is 1.78. The molecule has 0 radical (unpaired) electrons. The SMILES string of the molecule is O=[N+]([O-])c1cc(F)ccc1NCc1ccc(-n2ccnc2)c(F)c1. The quantitative estimate of drug-likeness (QED) is 0.572. The van der Waals surface area contributed by atoms with Gasteiger partial charge in [0.25, 0.3) is 5.69 Å². The predicted molar refractivity (Wildman–Crippen MR) is 83.9 cm³/mol. The maximum Gasteiger partial charge on any atom is 0.295 e. The number of halogens is 2. The molecule has 6 nitrogen and oxygen atoms in total. The summed E-state index contributed by atoms with van der Waals surface area (Å²) in [6.45, 7) is 0.160. The first-order chi connectivity index (χ1) is 11.5. The van der Waals surface area contributed by atoms with Gasteiger partial charge in [-0.2, -0.15) is 0 Å². The van der Waals surface area contributed by atoms with Crippen LogP contribution in [0.25, 0.3) is 5.69 Å². The van der Waals surface area contributed by atoms with Crippen LogP contribution in [0.3, 0.4) is 0 Å². The molecular formula is C16H12F2N4O2. The van der Waals surface area contributed by atoms with Crippen molar-refractivity contribution in [2.24, 2.45) is 0 Å². The summed E-state index contributed by atoms with van der Waals surface area (Å²) in [6, 6.07) is 7.86. The molecule has 1 heterocycles. The van der Waals surface area contributed by atoms with Crippen molar-refractivity contribution in [2.45, 2.75) is 6.54 Å². The van der Waals surface area contributed by atoms with E-state index in [0.717, 1.165) is 12.1 Å². The average molecular weight is 330 g/mol. The summed E-state index contributed by atoms with van der Waals surface area (Å²) in [5, 5.41) is 13.8. The van der Waals surface area contributed by atoms with E-state index in [1.807, 2.05) is 0 Å². The summed E-state index contributed by atoms with van der Waals surface area (Å²) < 4.78 is 28.8. The fourth-order valence-electron chi connectivity index (χ4n) is 2.27. The largest absolute Gasteiger partial charge is 0.375 e. The lowest BCUT2D eigenvalue weighted by molar-refractivity contribution is -0.384. The minimum atomic E-state index is -0.692. The molecule has 0 aliphatic carbocycles. The minimum Gasteiger partial charge on any atom is -0.375 e. The first-order valence-electron chi connectivity index (χ1n) is 6.99. The van der Waals surface area contributed by atoms with Crippen LogP contribution in [0.1, 0.15) is 5.56 Å². The van der Waals surface area contributed by atoms with E-state index < -0.39 is 16.6 Å². The Morgan fingerprint density at radius 3 is 2.71 bits per heavy atom. The van der Waals surface area contributed by atoms with Gasteiger partial charge in [-0.1, -0.05) is 6.07 Å². The Hall–Kier alpha value is -3.29. The molecule has 8 heteroatoms. The third-order valence-corrected chi connectivity index (χ3v) is 3.43. The van der Waals surface area contributed by atoms with E-state index in [2.05, 4.69) is 10.3 Å². The van der Waals surface area contributed by atoms with Gasteiger partial charge in [0, 0.05) is 18.9 Å². The van der Waals surface area contributed by atoms with Gasteiger partial charge in [0.05, 0.1) is 23.0 Å². The Bertz CT molecular complexity index is 882. The molecule has 2 aromatic carbocycles. The Morgan fingerprint density at radius 1 is 1.21 bits per heavy atom. The molecule has 0 unspecified atom stereocenters. The standard InChI is InChI=1S/C16H12F2N4O2/c17-12-2-3-14(16(8-12)22(23)24)20-9-11-1-4-15(13(18)7-11)21-6-5-19-10-21/h1-8,10,20H,9H2. The third-order valence-electron chi connectivity index (χ3n) is 3.43. The van der Waals surface area contributed by atoms with Crippen LogP contribution in [-0.2, 0) is 6.54 Å². The zero-order valence-electron chi connectivity index (χ0n) is 12.3. The Morgan fingerprint density at radius 2 is 2.04 bits per heavy atom. The number of anilines is 1. The van der Waals surface area contributed by atoms with Crippen molar-refractivity contribution < 1.29 is 13.7 Å². The van der Waals surface area contributed by atoms with E-state index in [9.17, 15) is 18.9 Å².